The first-order chi connectivity index (χ1) is 15.1. The standard InChI is InChI=1S/C25H30O6/c1-18(26)22(27)14-13-21-15-23(29-16-19-9-5-3-6-10-19)24(25(28-2)31-21)30-17-20-11-7-4-8-12-20/h3-12,21,23-25H,13-17H2,1-2H3/t21-,23+,24-,25+/m1/s1. The summed E-state index contributed by atoms with van der Waals surface area (Å²) in [5, 5.41) is 0. The van der Waals surface area contributed by atoms with Gasteiger partial charge in [-0.2, -0.15) is 0 Å². The number of benzene rings is 2. The minimum Gasteiger partial charge on any atom is -0.371 e. The first-order valence-electron chi connectivity index (χ1n) is 10.6. The van der Waals surface area contributed by atoms with Gasteiger partial charge in [0.05, 0.1) is 25.4 Å². The molecule has 166 valence electrons. The van der Waals surface area contributed by atoms with Crippen LogP contribution >= 0.6 is 0 Å². The zero-order chi connectivity index (χ0) is 22.1. The Kier molecular flexibility index (Phi) is 8.91. The van der Waals surface area contributed by atoms with E-state index in [-0.39, 0.29) is 24.4 Å². The predicted molar refractivity (Wildman–Crippen MR) is 115 cm³/mol. The van der Waals surface area contributed by atoms with Gasteiger partial charge >= 0.3 is 0 Å². The zero-order valence-electron chi connectivity index (χ0n) is 18.1. The highest BCUT2D eigenvalue weighted by atomic mass is 16.7. The first-order valence-corrected chi connectivity index (χ1v) is 10.6. The van der Waals surface area contributed by atoms with Crippen molar-refractivity contribution in [2.75, 3.05) is 7.11 Å². The topological polar surface area (TPSA) is 71.1 Å². The molecule has 0 aliphatic carbocycles. The molecule has 6 heteroatoms. The van der Waals surface area contributed by atoms with Crippen LogP contribution in [-0.2, 0) is 41.8 Å². The van der Waals surface area contributed by atoms with Crippen LogP contribution in [0.1, 0.15) is 37.3 Å². The fraction of sp³-hybridized carbons (Fsp3) is 0.440. The molecule has 0 unspecified atom stereocenters. The van der Waals surface area contributed by atoms with E-state index in [1.54, 1.807) is 7.11 Å². The molecule has 0 radical (unpaired) electrons. The van der Waals surface area contributed by atoms with Gasteiger partial charge in [0.1, 0.15) is 6.10 Å². The lowest BCUT2D eigenvalue weighted by atomic mass is 9.97. The smallest absolute Gasteiger partial charge is 0.198 e. The molecule has 1 aliphatic heterocycles. The van der Waals surface area contributed by atoms with Crippen LogP contribution in [0.4, 0.5) is 0 Å². The molecule has 0 saturated carbocycles. The summed E-state index contributed by atoms with van der Waals surface area (Å²) < 4.78 is 24.1. The highest BCUT2D eigenvalue weighted by molar-refractivity contribution is 6.36. The second-order valence-corrected chi connectivity index (χ2v) is 7.71. The molecule has 3 rings (SSSR count). The fourth-order valence-corrected chi connectivity index (χ4v) is 3.63. The summed E-state index contributed by atoms with van der Waals surface area (Å²) in [6.07, 6.45) is -0.446. The summed E-state index contributed by atoms with van der Waals surface area (Å²) in [6.45, 7) is 2.14. The summed E-state index contributed by atoms with van der Waals surface area (Å²) in [6, 6.07) is 19.8. The van der Waals surface area contributed by atoms with E-state index in [2.05, 4.69) is 0 Å². The largest absolute Gasteiger partial charge is 0.371 e. The molecule has 1 aliphatic rings. The molecule has 0 amide bonds. The average molecular weight is 427 g/mol. The lowest BCUT2D eigenvalue weighted by molar-refractivity contribution is -0.281. The van der Waals surface area contributed by atoms with Gasteiger partial charge < -0.3 is 18.9 Å². The Morgan fingerprint density at radius 3 is 2.06 bits per heavy atom. The van der Waals surface area contributed by atoms with Gasteiger partial charge in [0, 0.05) is 26.9 Å². The van der Waals surface area contributed by atoms with Gasteiger partial charge in [-0.15, -0.1) is 0 Å². The molecule has 2 aromatic rings. The summed E-state index contributed by atoms with van der Waals surface area (Å²) >= 11 is 0. The minimum absolute atomic E-state index is 0.150. The van der Waals surface area contributed by atoms with Crippen molar-refractivity contribution in [3.8, 4) is 0 Å². The number of rotatable bonds is 11. The van der Waals surface area contributed by atoms with Crippen LogP contribution < -0.4 is 0 Å². The molecule has 4 atom stereocenters. The van der Waals surface area contributed by atoms with Gasteiger partial charge in [0.2, 0.25) is 0 Å². The number of carbonyl (C=O) groups is 2. The Balaban J connectivity index is 1.68. The van der Waals surface area contributed by atoms with Crippen LogP contribution in [0, 0.1) is 0 Å². The van der Waals surface area contributed by atoms with E-state index in [9.17, 15) is 9.59 Å². The monoisotopic (exact) mass is 426 g/mol. The second-order valence-electron chi connectivity index (χ2n) is 7.71. The van der Waals surface area contributed by atoms with E-state index >= 15 is 0 Å². The molecular formula is C25H30O6. The van der Waals surface area contributed by atoms with Crippen molar-refractivity contribution in [1.29, 1.82) is 0 Å². The number of Topliss-reactive ketones (excluding diaryl/α,β-unsaturated/α-hetero) is 2. The number of ether oxygens (including phenoxy) is 4. The maximum Gasteiger partial charge on any atom is 0.198 e. The van der Waals surface area contributed by atoms with Crippen molar-refractivity contribution < 1.29 is 28.5 Å². The van der Waals surface area contributed by atoms with Crippen LogP contribution in [-0.4, -0.2) is 43.3 Å². The van der Waals surface area contributed by atoms with Crippen molar-refractivity contribution >= 4 is 11.6 Å². The van der Waals surface area contributed by atoms with Crippen molar-refractivity contribution in [2.45, 2.75) is 64.0 Å². The van der Waals surface area contributed by atoms with Crippen LogP contribution in [0.15, 0.2) is 60.7 Å². The predicted octanol–water partition coefficient (Wildman–Crippen LogP) is 3.86. The number of hydrogen-bond acceptors (Lipinski definition) is 6. The maximum atomic E-state index is 11.8. The Labute approximate surface area is 183 Å². The summed E-state index contributed by atoms with van der Waals surface area (Å²) in [5.41, 5.74) is 2.11. The van der Waals surface area contributed by atoms with Crippen molar-refractivity contribution in [2.24, 2.45) is 0 Å². The van der Waals surface area contributed by atoms with E-state index in [0.29, 0.717) is 26.1 Å². The van der Waals surface area contributed by atoms with Crippen molar-refractivity contribution in [3.05, 3.63) is 71.8 Å². The van der Waals surface area contributed by atoms with Crippen LogP contribution in [0.3, 0.4) is 0 Å². The fourth-order valence-electron chi connectivity index (χ4n) is 3.63. The van der Waals surface area contributed by atoms with Gasteiger partial charge in [0.15, 0.2) is 17.9 Å². The highest BCUT2D eigenvalue weighted by Crippen LogP contribution is 2.29. The average Bonchev–Trinajstić information content (AvgIpc) is 2.81. The molecule has 31 heavy (non-hydrogen) atoms. The Morgan fingerprint density at radius 1 is 0.935 bits per heavy atom. The molecule has 1 fully saturated rings. The molecule has 6 nitrogen and oxygen atoms in total. The minimum atomic E-state index is -0.629. The SMILES string of the molecule is CO[C@H]1O[C@H](CCC(=O)C(C)=O)C[C@H](OCc2ccccc2)[C@H]1OCc1ccccc1. The van der Waals surface area contributed by atoms with Gasteiger partial charge in [-0.25, -0.2) is 0 Å². The third kappa shape index (κ3) is 7.08. The van der Waals surface area contributed by atoms with Gasteiger partial charge in [-0.05, 0) is 17.5 Å². The van der Waals surface area contributed by atoms with E-state index in [1.807, 2.05) is 60.7 Å². The number of carbonyl (C=O) groups excluding carboxylic acids is 2. The third-order valence-corrected chi connectivity index (χ3v) is 5.37. The number of ketones is 2. The van der Waals surface area contributed by atoms with Crippen LogP contribution in [0.2, 0.25) is 0 Å². The molecule has 0 bridgehead atoms. The summed E-state index contributed by atoms with van der Waals surface area (Å²) in [7, 11) is 1.57. The number of hydrogen-bond donors (Lipinski definition) is 0. The Bertz CT molecular complexity index is 822. The first kappa shape index (κ1) is 23.3. The lowest BCUT2D eigenvalue weighted by Crippen LogP contribution is -2.51. The molecule has 1 heterocycles. The molecule has 0 N–H and O–H groups in total. The van der Waals surface area contributed by atoms with Gasteiger partial charge in [-0.1, -0.05) is 60.7 Å². The molecule has 0 aromatic heterocycles. The van der Waals surface area contributed by atoms with E-state index < -0.39 is 18.2 Å². The highest BCUT2D eigenvalue weighted by Gasteiger charge is 2.40. The van der Waals surface area contributed by atoms with Crippen LogP contribution in [0.5, 0.6) is 0 Å². The zero-order valence-corrected chi connectivity index (χ0v) is 18.1. The molecular weight excluding hydrogens is 396 g/mol. The molecule has 1 saturated heterocycles. The lowest BCUT2D eigenvalue weighted by Gasteiger charge is -2.40. The summed E-state index contributed by atoms with van der Waals surface area (Å²) in [4.78, 5) is 23.0. The second kappa shape index (κ2) is 11.9. The normalized spacial score (nSPS) is 23.4. The molecule has 0 spiro atoms. The number of methoxy groups -OCH3 is 1. The summed E-state index contributed by atoms with van der Waals surface area (Å²) in [5.74, 6) is -0.818. The van der Waals surface area contributed by atoms with E-state index in [0.717, 1.165) is 11.1 Å². The van der Waals surface area contributed by atoms with Gasteiger partial charge in [-0.3, -0.25) is 9.59 Å². The van der Waals surface area contributed by atoms with Crippen molar-refractivity contribution in [3.63, 3.8) is 0 Å². The van der Waals surface area contributed by atoms with Crippen molar-refractivity contribution in [1.82, 2.24) is 0 Å². The van der Waals surface area contributed by atoms with E-state index in [4.69, 9.17) is 18.9 Å². The van der Waals surface area contributed by atoms with E-state index in [1.165, 1.54) is 6.92 Å². The van der Waals surface area contributed by atoms with Gasteiger partial charge in [0.25, 0.3) is 0 Å². The third-order valence-electron chi connectivity index (χ3n) is 5.37. The van der Waals surface area contributed by atoms with Crippen LogP contribution in [0.25, 0.3) is 0 Å². The Morgan fingerprint density at radius 2 is 1.52 bits per heavy atom. The maximum absolute atomic E-state index is 11.8. The quantitative estimate of drug-likeness (QED) is 0.508. The Hall–Kier alpha value is -2.38. The molecule has 2 aromatic carbocycles.